The molecule has 2 aromatic rings. The van der Waals surface area contributed by atoms with E-state index < -0.39 is 0 Å². The zero-order chi connectivity index (χ0) is 18.4. The summed E-state index contributed by atoms with van der Waals surface area (Å²) >= 11 is 12.6. The van der Waals surface area contributed by atoms with Crippen LogP contribution in [0, 0.1) is 0 Å². The van der Waals surface area contributed by atoms with Crippen LogP contribution in [0.3, 0.4) is 0 Å². The van der Waals surface area contributed by atoms with Gasteiger partial charge in [0.05, 0.1) is 5.02 Å². The summed E-state index contributed by atoms with van der Waals surface area (Å²) in [6, 6.07) is 9.20. The Labute approximate surface area is 158 Å². The van der Waals surface area contributed by atoms with Gasteiger partial charge < -0.3 is 9.47 Å². The molecule has 0 aromatic heterocycles. The summed E-state index contributed by atoms with van der Waals surface area (Å²) in [5.74, 6) is 0.768. The maximum Gasteiger partial charge on any atom is 0.310 e. The van der Waals surface area contributed by atoms with Crippen LogP contribution in [-0.2, 0) is 24.2 Å². The highest BCUT2D eigenvalue weighted by molar-refractivity contribution is 6.34. The van der Waals surface area contributed by atoms with E-state index in [0.29, 0.717) is 28.0 Å². The van der Waals surface area contributed by atoms with Crippen LogP contribution in [0.5, 0.6) is 11.5 Å². The minimum absolute atomic E-state index is 0.248. The van der Waals surface area contributed by atoms with Gasteiger partial charge >= 0.3 is 5.97 Å². The molecule has 5 heteroatoms. The summed E-state index contributed by atoms with van der Waals surface area (Å²) in [6.45, 7) is 6.07. The van der Waals surface area contributed by atoms with E-state index in [9.17, 15) is 4.79 Å². The lowest BCUT2D eigenvalue weighted by Crippen LogP contribution is -2.10. The monoisotopic (exact) mass is 380 g/mol. The predicted molar refractivity (Wildman–Crippen MR) is 102 cm³/mol. The van der Waals surface area contributed by atoms with Crippen molar-refractivity contribution in [2.45, 2.75) is 46.6 Å². The summed E-state index contributed by atoms with van der Waals surface area (Å²) in [7, 11) is 0. The predicted octanol–water partition coefficient (Wildman–Crippen LogP) is 6.01. The van der Waals surface area contributed by atoms with Gasteiger partial charge in [-0.05, 0) is 36.1 Å². The lowest BCUT2D eigenvalue weighted by atomic mass is 10.0. The van der Waals surface area contributed by atoms with E-state index in [2.05, 4.69) is 0 Å². The molecular formula is C20H22Cl2O3. The first-order valence-electron chi connectivity index (χ1n) is 8.42. The summed E-state index contributed by atoms with van der Waals surface area (Å²) in [5, 5.41) is 1.14. The van der Waals surface area contributed by atoms with E-state index in [0.717, 1.165) is 29.5 Å². The molecule has 2 aromatic carbocycles. The van der Waals surface area contributed by atoms with E-state index in [1.807, 2.05) is 32.0 Å². The van der Waals surface area contributed by atoms with Gasteiger partial charge in [0.15, 0.2) is 0 Å². The number of rotatable bonds is 7. The maximum atomic E-state index is 11.7. The number of hydrogen-bond acceptors (Lipinski definition) is 3. The van der Waals surface area contributed by atoms with E-state index in [4.69, 9.17) is 32.7 Å². The summed E-state index contributed by atoms with van der Waals surface area (Å²) in [5.41, 5.74) is 2.89. The molecule has 0 saturated heterocycles. The van der Waals surface area contributed by atoms with Crippen molar-refractivity contribution in [1.82, 2.24) is 0 Å². The maximum absolute atomic E-state index is 11.7. The molecule has 0 aliphatic carbocycles. The van der Waals surface area contributed by atoms with Crippen LogP contribution >= 0.6 is 23.2 Å². The standard InChI is InChI=1S/C20H22Cl2O3/c1-4-13-8-7-9-18(25-20(23)6-3)15(13)12-24-19-11-16(21)14(5-2)10-17(19)22/h7-11H,4-6,12H2,1-3H3. The first-order chi connectivity index (χ1) is 12.0. The van der Waals surface area contributed by atoms with Crippen LogP contribution < -0.4 is 9.47 Å². The van der Waals surface area contributed by atoms with Crippen molar-refractivity contribution < 1.29 is 14.3 Å². The van der Waals surface area contributed by atoms with Gasteiger partial charge in [0.2, 0.25) is 0 Å². The summed E-state index contributed by atoms with van der Waals surface area (Å²) in [6.07, 6.45) is 1.92. The second-order valence-corrected chi connectivity index (χ2v) is 6.41. The molecule has 134 valence electrons. The number of carbonyl (C=O) groups is 1. The third-order valence-electron chi connectivity index (χ3n) is 3.98. The zero-order valence-corrected chi connectivity index (χ0v) is 16.2. The molecule has 0 bridgehead atoms. The molecule has 2 rings (SSSR count). The molecule has 0 unspecified atom stereocenters. The lowest BCUT2D eigenvalue weighted by molar-refractivity contribution is -0.134. The number of hydrogen-bond donors (Lipinski definition) is 0. The third kappa shape index (κ3) is 4.90. The SMILES string of the molecule is CCC(=O)Oc1cccc(CC)c1COc1cc(Cl)c(CC)cc1Cl. The molecule has 0 spiro atoms. The number of benzene rings is 2. The fraction of sp³-hybridized carbons (Fsp3) is 0.350. The van der Waals surface area contributed by atoms with Gasteiger partial charge in [-0.2, -0.15) is 0 Å². The van der Waals surface area contributed by atoms with E-state index in [1.54, 1.807) is 19.1 Å². The summed E-state index contributed by atoms with van der Waals surface area (Å²) in [4.78, 5) is 11.7. The second kappa shape index (κ2) is 9.12. The largest absolute Gasteiger partial charge is 0.487 e. The van der Waals surface area contributed by atoms with E-state index in [1.165, 1.54) is 0 Å². The van der Waals surface area contributed by atoms with Crippen LogP contribution in [-0.4, -0.2) is 5.97 Å². The van der Waals surface area contributed by atoms with Crippen molar-refractivity contribution in [1.29, 1.82) is 0 Å². The Bertz CT molecular complexity index is 757. The molecule has 25 heavy (non-hydrogen) atoms. The lowest BCUT2D eigenvalue weighted by Gasteiger charge is -2.16. The minimum atomic E-state index is -0.275. The highest BCUT2D eigenvalue weighted by Gasteiger charge is 2.14. The minimum Gasteiger partial charge on any atom is -0.487 e. The van der Waals surface area contributed by atoms with Crippen molar-refractivity contribution in [3.8, 4) is 11.5 Å². The topological polar surface area (TPSA) is 35.5 Å². The van der Waals surface area contributed by atoms with Crippen LogP contribution in [0.2, 0.25) is 10.0 Å². The number of halogens is 2. The van der Waals surface area contributed by atoms with E-state index >= 15 is 0 Å². The molecule has 0 N–H and O–H groups in total. The highest BCUT2D eigenvalue weighted by Crippen LogP contribution is 2.33. The van der Waals surface area contributed by atoms with Crippen molar-refractivity contribution in [3.05, 3.63) is 57.1 Å². The van der Waals surface area contributed by atoms with Gasteiger partial charge in [-0.1, -0.05) is 56.1 Å². The van der Waals surface area contributed by atoms with E-state index in [-0.39, 0.29) is 12.6 Å². The molecular weight excluding hydrogens is 359 g/mol. The Kier molecular flexibility index (Phi) is 7.15. The normalized spacial score (nSPS) is 10.6. The Morgan fingerprint density at radius 3 is 2.32 bits per heavy atom. The van der Waals surface area contributed by atoms with Crippen molar-refractivity contribution in [3.63, 3.8) is 0 Å². The number of ether oxygens (including phenoxy) is 2. The Hall–Kier alpha value is -1.71. The fourth-order valence-electron chi connectivity index (χ4n) is 2.50. The molecule has 0 radical (unpaired) electrons. The molecule has 0 heterocycles. The second-order valence-electron chi connectivity index (χ2n) is 5.59. The molecule has 0 atom stereocenters. The van der Waals surface area contributed by atoms with Gasteiger partial charge in [0.25, 0.3) is 0 Å². The fourth-order valence-corrected chi connectivity index (χ4v) is 3.03. The Balaban J connectivity index is 2.28. The van der Waals surface area contributed by atoms with Gasteiger partial charge in [-0.3, -0.25) is 4.79 Å². The molecule has 0 amide bonds. The number of esters is 1. The molecule has 0 aliphatic heterocycles. The van der Waals surface area contributed by atoms with Gasteiger partial charge in [-0.15, -0.1) is 0 Å². The Morgan fingerprint density at radius 1 is 0.960 bits per heavy atom. The van der Waals surface area contributed by atoms with Crippen LogP contribution in [0.1, 0.15) is 43.9 Å². The quantitative estimate of drug-likeness (QED) is 0.435. The molecule has 0 aliphatic rings. The first-order valence-corrected chi connectivity index (χ1v) is 9.17. The molecule has 3 nitrogen and oxygen atoms in total. The van der Waals surface area contributed by atoms with Crippen LogP contribution in [0.25, 0.3) is 0 Å². The van der Waals surface area contributed by atoms with Crippen molar-refractivity contribution in [2.24, 2.45) is 0 Å². The Morgan fingerprint density at radius 2 is 1.68 bits per heavy atom. The smallest absolute Gasteiger partial charge is 0.310 e. The average Bonchev–Trinajstić information content (AvgIpc) is 2.62. The number of carbonyl (C=O) groups excluding carboxylic acids is 1. The van der Waals surface area contributed by atoms with Crippen molar-refractivity contribution in [2.75, 3.05) is 0 Å². The molecule has 0 fully saturated rings. The average molecular weight is 381 g/mol. The van der Waals surface area contributed by atoms with Crippen LogP contribution in [0.15, 0.2) is 30.3 Å². The van der Waals surface area contributed by atoms with Gasteiger partial charge in [0.1, 0.15) is 18.1 Å². The zero-order valence-electron chi connectivity index (χ0n) is 14.7. The first kappa shape index (κ1) is 19.6. The van der Waals surface area contributed by atoms with Gasteiger partial charge in [-0.25, -0.2) is 0 Å². The number of aryl methyl sites for hydroxylation is 2. The van der Waals surface area contributed by atoms with Crippen molar-refractivity contribution >= 4 is 29.2 Å². The van der Waals surface area contributed by atoms with Crippen LogP contribution in [0.4, 0.5) is 0 Å². The van der Waals surface area contributed by atoms with Gasteiger partial charge in [0, 0.05) is 23.1 Å². The third-order valence-corrected chi connectivity index (χ3v) is 4.62. The molecule has 0 saturated carbocycles. The summed E-state index contributed by atoms with van der Waals surface area (Å²) < 4.78 is 11.3. The highest BCUT2D eigenvalue weighted by atomic mass is 35.5.